The lowest BCUT2D eigenvalue weighted by Crippen LogP contribution is -2.47. The van der Waals surface area contributed by atoms with Gasteiger partial charge in [-0.25, -0.2) is 4.79 Å². The summed E-state index contributed by atoms with van der Waals surface area (Å²) in [6, 6.07) is 20.8. The fourth-order valence-electron chi connectivity index (χ4n) is 3.47. The summed E-state index contributed by atoms with van der Waals surface area (Å²) in [5.74, 6) is 0.259. The Kier molecular flexibility index (Phi) is 6.07. The van der Waals surface area contributed by atoms with Crippen LogP contribution in [0.5, 0.6) is 0 Å². The van der Waals surface area contributed by atoms with Gasteiger partial charge in [0.1, 0.15) is 0 Å². The predicted octanol–water partition coefficient (Wildman–Crippen LogP) is 3.37. The van der Waals surface area contributed by atoms with Crippen molar-refractivity contribution in [3.63, 3.8) is 0 Å². The normalized spacial score (nSPS) is 17.5. The third-order valence-electron chi connectivity index (χ3n) is 4.80. The molecule has 0 spiro atoms. The Balaban J connectivity index is 1.60. The lowest BCUT2D eigenvalue weighted by molar-refractivity contribution is 0.0843. The summed E-state index contributed by atoms with van der Waals surface area (Å²) >= 11 is 0. The molecular formula is C21H26N2O2. The lowest BCUT2D eigenvalue weighted by atomic mass is 9.88. The fourth-order valence-corrected chi connectivity index (χ4v) is 3.47. The number of rotatable bonds is 5. The summed E-state index contributed by atoms with van der Waals surface area (Å²) in [7, 11) is 0. The smallest absolute Gasteiger partial charge is 0.317 e. The second-order valence-corrected chi connectivity index (χ2v) is 6.64. The molecule has 2 aromatic carbocycles. The Labute approximate surface area is 149 Å². The number of urea groups is 1. The van der Waals surface area contributed by atoms with Crippen LogP contribution in [-0.2, 0) is 0 Å². The van der Waals surface area contributed by atoms with Crippen molar-refractivity contribution in [3.8, 4) is 0 Å². The number of nitrogens with one attached hydrogen (secondary N) is 1. The van der Waals surface area contributed by atoms with Gasteiger partial charge in [-0.1, -0.05) is 60.7 Å². The van der Waals surface area contributed by atoms with Crippen molar-refractivity contribution < 1.29 is 9.90 Å². The number of amides is 2. The van der Waals surface area contributed by atoms with E-state index in [-0.39, 0.29) is 18.1 Å². The van der Waals surface area contributed by atoms with Crippen LogP contribution in [0, 0.1) is 0 Å². The van der Waals surface area contributed by atoms with Crippen LogP contribution in [0.2, 0.25) is 0 Å². The molecule has 1 atom stereocenters. The van der Waals surface area contributed by atoms with Crippen molar-refractivity contribution in [2.24, 2.45) is 0 Å². The van der Waals surface area contributed by atoms with E-state index in [1.165, 1.54) is 11.1 Å². The van der Waals surface area contributed by atoms with Gasteiger partial charge in [0.25, 0.3) is 0 Å². The molecule has 0 bridgehead atoms. The predicted molar refractivity (Wildman–Crippen MR) is 99.6 cm³/mol. The Morgan fingerprint density at radius 1 is 1.08 bits per heavy atom. The van der Waals surface area contributed by atoms with E-state index in [4.69, 9.17) is 0 Å². The van der Waals surface area contributed by atoms with Gasteiger partial charge in [0.2, 0.25) is 0 Å². The van der Waals surface area contributed by atoms with Crippen molar-refractivity contribution in [1.29, 1.82) is 0 Å². The molecule has 132 valence electrons. The molecule has 2 aromatic rings. The van der Waals surface area contributed by atoms with E-state index in [9.17, 15) is 9.90 Å². The number of hydrogen-bond acceptors (Lipinski definition) is 2. The highest BCUT2D eigenvalue weighted by Gasteiger charge is 2.22. The molecule has 25 heavy (non-hydrogen) atoms. The standard InChI is InChI=1S/C21H26N2O2/c24-19-12-7-15-23(16-19)21(25)22-14-13-20(17-8-3-1-4-9-17)18-10-5-2-6-11-18/h1-6,8-11,19-20,24H,7,12-16H2,(H,22,25)/t19-/m1/s1. The molecule has 0 aromatic heterocycles. The van der Waals surface area contributed by atoms with Crippen molar-refractivity contribution >= 4 is 6.03 Å². The van der Waals surface area contributed by atoms with Crippen LogP contribution < -0.4 is 5.32 Å². The molecule has 0 radical (unpaired) electrons. The van der Waals surface area contributed by atoms with Gasteiger partial charge in [0, 0.05) is 25.6 Å². The maximum atomic E-state index is 12.3. The van der Waals surface area contributed by atoms with Gasteiger partial charge in [-0.3, -0.25) is 0 Å². The summed E-state index contributed by atoms with van der Waals surface area (Å²) in [6.45, 7) is 1.77. The van der Waals surface area contributed by atoms with Crippen LogP contribution >= 0.6 is 0 Å². The molecule has 2 amide bonds. The van der Waals surface area contributed by atoms with Gasteiger partial charge in [-0.15, -0.1) is 0 Å². The second kappa shape index (κ2) is 8.67. The van der Waals surface area contributed by atoms with Gasteiger partial charge in [0.15, 0.2) is 0 Å². The van der Waals surface area contributed by atoms with E-state index in [1.807, 2.05) is 12.1 Å². The molecule has 2 N–H and O–H groups in total. The lowest BCUT2D eigenvalue weighted by Gasteiger charge is -2.30. The zero-order valence-corrected chi connectivity index (χ0v) is 14.5. The first kappa shape index (κ1) is 17.5. The minimum Gasteiger partial charge on any atom is -0.391 e. The molecular weight excluding hydrogens is 312 g/mol. The Bertz CT molecular complexity index is 621. The highest BCUT2D eigenvalue weighted by molar-refractivity contribution is 5.74. The Morgan fingerprint density at radius 2 is 1.68 bits per heavy atom. The molecule has 0 saturated carbocycles. The third-order valence-corrected chi connectivity index (χ3v) is 4.80. The van der Waals surface area contributed by atoms with Gasteiger partial charge in [-0.2, -0.15) is 0 Å². The van der Waals surface area contributed by atoms with E-state index >= 15 is 0 Å². The molecule has 1 heterocycles. The van der Waals surface area contributed by atoms with Gasteiger partial charge < -0.3 is 15.3 Å². The molecule has 4 nitrogen and oxygen atoms in total. The van der Waals surface area contributed by atoms with E-state index in [1.54, 1.807) is 4.90 Å². The molecule has 3 rings (SSSR count). The fraction of sp³-hybridized carbons (Fsp3) is 0.381. The molecule has 0 unspecified atom stereocenters. The maximum absolute atomic E-state index is 12.3. The number of nitrogens with zero attached hydrogens (tertiary/aromatic N) is 1. The number of likely N-dealkylation sites (tertiary alicyclic amines) is 1. The number of piperidine rings is 1. The number of aliphatic hydroxyl groups excluding tert-OH is 1. The summed E-state index contributed by atoms with van der Waals surface area (Å²) in [5.41, 5.74) is 2.52. The minimum atomic E-state index is -0.388. The minimum absolute atomic E-state index is 0.0707. The van der Waals surface area contributed by atoms with Crippen LogP contribution in [-0.4, -0.2) is 41.8 Å². The van der Waals surface area contributed by atoms with Crippen LogP contribution in [0.4, 0.5) is 4.79 Å². The average Bonchev–Trinajstić information content (AvgIpc) is 2.66. The van der Waals surface area contributed by atoms with Crippen LogP contribution in [0.3, 0.4) is 0 Å². The number of β-amino-alcohol motifs (C(OH)–C–C–N with tert-alkyl or cyclic N) is 1. The highest BCUT2D eigenvalue weighted by Crippen LogP contribution is 2.27. The number of benzene rings is 2. The quantitative estimate of drug-likeness (QED) is 0.878. The number of carbonyl (C=O) groups excluding carboxylic acids is 1. The van der Waals surface area contributed by atoms with E-state index in [0.717, 1.165) is 25.8 Å². The van der Waals surface area contributed by atoms with E-state index in [0.29, 0.717) is 13.1 Å². The number of carbonyl (C=O) groups is 1. The SMILES string of the molecule is O=C(NCCC(c1ccccc1)c1ccccc1)N1CCC[C@@H](O)C1. The molecule has 1 aliphatic rings. The van der Waals surface area contributed by atoms with Crippen LogP contribution in [0.15, 0.2) is 60.7 Å². The van der Waals surface area contributed by atoms with Gasteiger partial charge >= 0.3 is 6.03 Å². The first-order valence-electron chi connectivity index (χ1n) is 9.05. The van der Waals surface area contributed by atoms with E-state index < -0.39 is 0 Å². The molecule has 1 aliphatic heterocycles. The van der Waals surface area contributed by atoms with Crippen LogP contribution in [0.1, 0.15) is 36.3 Å². The number of aliphatic hydroxyl groups is 1. The zero-order chi connectivity index (χ0) is 17.5. The number of hydrogen-bond donors (Lipinski definition) is 2. The van der Waals surface area contributed by atoms with Crippen LogP contribution in [0.25, 0.3) is 0 Å². The molecule has 1 fully saturated rings. The van der Waals surface area contributed by atoms with Crippen molar-refractivity contribution in [1.82, 2.24) is 10.2 Å². The third kappa shape index (κ3) is 4.83. The Hall–Kier alpha value is -2.33. The molecule has 1 saturated heterocycles. The van der Waals surface area contributed by atoms with Crippen molar-refractivity contribution in [2.75, 3.05) is 19.6 Å². The topological polar surface area (TPSA) is 52.6 Å². The summed E-state index contributed by atoms with van der Waals surface area (Å²) < 4.78 is 0. The molecule has 0 aliphatic carbocycles. The van der Waals surface area contributed by atoms with Crippen molar-refractivity contribution in [2.45, 2.75) is 31.3 Å². The summed E-state index contributed by atoms with van der Waals surface area (Å²) in [5, 5.41) is 12.7. The second-order valence-electron chi connectivity index (χ2n) is 6.64. The monoisotopic (exact) mass is 338 g/mol. The molecule has 4 heteroatoms. The van der Waals surface area contributed by atoms with Gasteiger partial charge in [-0.05, 0) is 30.4 Å². The highest BCUT2D eigenvalue weighted by atomic mass is 16.3. The largest absolute Gasteiger partial charge is 0.391 e. The van der Waals surface area contributed by atoms with Crippen molar-refractivity contribution in [3.05, 3.63) is 71.8 Å². The van der Waals surface area contributed by atoms with E-state index in [2.05, 4.69) is 53.8 Å². The summed E-state index contributed by atoms with van der Waals surface area (Å²) in [4.78, 5) is 14.0. The first-order valence-corrected chi connectivity index (χ1v) is 9.05. The van der Waals surface area contributed by atoms with Gasteiger partial charge in [0.05, 0.1) is 6.10 Å². The first-order chi connectivity index (χ1) is 12.2. The summed E-state index contributed by atoms with van der Waals surface area (Å²) in [6.07, 6.45) is 2.11. The maximum Gasteiger partial charge on any atom is 0.317 e. The average molecular weight is 338 g/mol. The Morgan fingerprint density at radius 3 is 2.24 bits per heavy atom. The zero-order valence-electron chi connectivity index (χ0n) is 14.5.